The fraction of sp³-hybridized carbons (Fsp3) is 0.571. The van der Waals surface area contributed by atoms with Gasteiger partial charge in [0.2, 0.25) is 0 Å². The van der Waals surface area contributed by atoms with Gasteiger partial charge in [0.25, 0.3) is 5.91 Å². The van der Waals surface area contributed by atoms with Gasteiger partial charge in [-0.25, -0.2) is 0 Å². The standard InChI is InChI=1S/C14H18BrNO4/c15-12-7-6-11(20-12)14(18)16-8-13(17)19-9-10-4-2-1-3-5-10/h6-7,10H,1-5,8-9H2,(H,16,18). The van der Waals surface area contributed by atoms with Crippen molar-refractivity contribution >= 4 is 27.8 Å². The first-order valence-corrected chi connectivity index (χ1v) is 7.63. The van der Waals surface area contributed by atoms with Crippen LogP contribution < -0.4 is 5.32 Å². The van der Waals surface area contributed by atoms with E-state index in [1.165, 1.54) is 25.3 Å². The predicted octanol–water partition coefficient (Wildman–Crippen LogP) is 2.90. The lowest BCUT2D eigenvalue weighted by molar-refractivity contribution is -0.144. The Hall–Kier alpha value is -1.30. The Balaban J connectivity index is 1.65. The van der Waals surface area contributed by atoms with E-state index in [-0.39, 0.29) is 12.3 Å². The molecule has 0 saturated heterocycles. The maximum atomic E-state index is 11.6. The van der Waals surface area contributed by atoms with E-state index in [4.69, 9.17) is 9.15 Å². The Morgan fingerprint density at radius 2 is 2.05 bits per heavy atom. The Labute approximate surface area is 126 Å². The third-order valence-corrected chi connectivity index (χ3v) is 3.82. The summed E-state index contributed by atoms with van der Waals surface area (Å²) >= 11 is 3.11. The number of halogens is 1. The number of esters is 1. The van der Waals surface area contributed by atoms with Gasteiger partial charge in [0, 0.05) is 0 Å². The van der Waals surface area contributed by atoms with Crippen molar-refractivity contribution < 1.29 is 18.7 Å². The van der Waals surface area contributed by atoms with E-state index in [1.54, 1.807) is 6.07 Å². The summed E-state index contributed by atoms with van der Waals surface area (Å²) in [6.07, 6.45) is 5.96. The molecule has 1 amide bonds. The summed E-state index contributed by atoms with van der Waals surface area (Å²) in [5.74, 6) is -0.193. The zero-order valence-corrected chi connectivity index (χ0v) is 12.8. The van der Waals surface area contributed by atoms with Gasteiger partial charge in [-0.15, -0.1) is 0 Å². The molecule has 6 heteroatoms. The largest absolute Gasteiger partial charge is 0.464 e. The monoisotopic (exact) mass is 343 g/mol. The van der Waals surface area contributed by atoms with Gasteiger partial charge in [-0.2, -0.15) is 0 Å². The summed E-state index contributed by atoms with van der Waals surface area (Å²) in [6, 6.07) is 3.16. The van der Waals surface area contributed by atoms with Gasteiger partial charge < -0.3 is 14.5 Å². The molecule has 1 aliphatic carbocycles. The topological polar surface area (TPSA) is 68.5 Å². The predicted molar refractivity (Wildman–Crippen MR) is 76.3 cm³/mol. The van der Waals surface area contributed by atoms with Gasteiger partial charge in [-0.05, 0) is 46.8 Å². The van der Waals surface area contributed by atoms with Gasteiger partial charge in [-0.1, -0.05) is 19.3 Å². The Morgan fingerprint density at radius 1 is 1.30 bits per heavy atom. The molecule has 5 nitrogen and oxygen atoms in total. The lowest BCUT2D eigenvalue weighted by atomic mass is 9.90. The van der Waals surface area contributed by atoms with Crippen LogP contribution in [0.1, 0.15) is 42.7 Å². The van der Waals surface area contributed by atoms with Gasteiger partial charge in [0.05, 0.1) is 6.61 Å². The Kier molecular flexibility index (Phi) is 5.64. The van der Waals surface area contributed by atoms with E-state index >= 15 is 0 Å². The van der Waals surface area contributed by atoms with Crippen LogP contribution in [0.3, 0.4) is 0 Å². The molecule has 1 saturated carbocycles. The zero-order chi connectivity index (χ0) is 14.4. The van der Waals surface area contributed by atoms with E-state index in [2.05, 4.69) is 21.2 Å². The SMILES string of the molecule is O=C(CNC(=O)c1ccc(Br)o1)OCC1CCCCC1. The van der Waals surface area contributed by atoms with Gasteiger partial charge in [0.15, 0.2) is 10.4 Å². The average Bonchev–Trinajstić information content (AvgIpc) is 2.90. The smallest absolute Gasteiger partial charge is 0.325 e. The van der Waals surface area contributed by atoms with Crippen LogP contribution in [0.5, 0.6) is 0 Å². The summed E-state index contributed by atoms with van der Waals surface area (Å²) in [4.78, 5) is 23.2. The number of rotatable bonds is 5. The third-order valence-electron chi connectivity index (χ3n) is 3.40. The van der Waals surface area contributed by atoms with E-state index in [0.29, 0.717) is 17.2 Å². The normalized spacial score (nSPS) is 15.8. The molecular weight excluding hydrogens is 326 g/mol. The fourth-order valence-corrected chi connectivity index (χ4v) is 2.60. The van der Waals surface area contributed by atoms with Crippen molar-refractivity contribution in [2.24, 2.45) is 5.92 Å². The molecule has 0 bridgehead atoms. The number of hydrogen-bond donors (Lipinski definition) is 1. The molecule has 1 aromatic heterocycles. The highest BCUT2D eigenvalue weighted by Crippen LogP contribution is 2.23. The number of carbonyl (C=O) groups excluding carboxylic acids is 2. The van der Waals surface area contributed by atoms with Crippen molar-refractivity contribution in [3.8, 4) is 0 Å². The van der Waals surface area contributed by atoms with Crippen LogP contribution >= 0.6 is 15.9 Å². The first-order chi connectivity index (χ1) is 9.65. The summed E-state index contributed by atoms with van der Waals surface area (Å²) in [5.41, 5.74) is 0. The highest BCUT2D eigenvalue weighted by Gasteiger charge is 2.16. The van der Waals surface area contributed by atoms with E-state index in [1.807, 2.05) is 0 Å². The van der Waals surface area contributed by atoms with Crippen molar-refractivity contribution in [2.45, 2.75) is 32.1 Å². The summed E-state index contributed by atoms with van der Waals surface area (Å²) in [6.45, 7) is 0.324. The van der Waals surface area contributed by atoms with Crippen LogP contribution in [-0.4, -0.2) is 25.0 Å². The van der Waals surface area contributed by atoms with E-state index in [0.717, 1.165) is 12.8 Å². The first kappa shape index (κ1) is 15.1. The minimum atomic E-state index is -0.426. The lowest BCUT2D eigenvalue weighted by Crippen LogP contribution is -2.31. The molecule has 1 fully saturated rings. The number of ether oxygens (including phenoxy) is 1. The summed E-state index contributed by atoms with van der Waals surface area (Å²) in [7, 11) is 0. The molecule has 1 heterocycles. The number of nitrogens with one attached hydrogen (secondary N) is 1. The Bertz CT molecular complexity index is 465. The minimum absolute atomic E-state index is 0.135. The van der Waals surface area contributed by atoms with Crippen molar-refractivity contribution in [2.75, 3.05) is 13.2 Å². The van der Waals surface area contributed by atoms with Crippen LogP contribution in [0.2, 0.25) is 0 Å². The molecule has 0 unspecified atom stereocenters. The van der Waals surface area contributed by atoms with E-state index < -0.39 is 11.9 Å². The van der Waals surface area contributed by atoms with Crippen molar-refractivity contribution in [3.05, 3.63) is 22.6 Å². The Morgan fingerprint density at radius 3 is 2.70 bits per heavy atom. The number of furan rings is 1. The van der Waals surface area contributed by atoms with Gasteiger partial charge in [0.1, 0.15) is 6.54 Å². The molecule has 1 N–H and O–H groups in total. The fourth-order valence-electron chi connectivity index (χ4n) is 2.29. The second kappa shape index (κ2) is 7.47. The maximum absolute atomic E-state index is 11.6. The molecule has 2 rings (SSSR count). The molecule has 0 radical (unpaired) electrons. The quantitative estimate of drug-likeness (QED) is 0.834. The molecule has 1 aromatic rings. The van der Waals surface area contributed by atoms with Crippen LogP contribution in [-0.2, 0) is 9.53 Å². The van der Waals surface area contributed by atoms with Crippen LogP contribution in [0.15, 0.2) is 21.2 Å². The van der Waals surface area contributed by atoms with Gasteiger partial charge >= 0.3 is 5.97 Å². The second-order valence-electron chi connectivity index (χ2n) is 4.97. The van der Waals surface area contributed by atoms with E-state index in [9.17, 15) is 9.59 Å². The molecular formula is C14H18BrNO4. The number of hydrogen-bond acceptors (Lipinski definition) is 4. The van der Waals surface area contributed by atoms with Gasteiger partial charge in [-0.3, -0.25) is 9.59 Å². The third kappa shape index (κ3) is 4.67. The van der Waals surface area contributed by atoms with Crippen LogP contribution in [0.4, 0.5) is 0 Å². The number of amides is 1. The summed E-state index contributed by atoms with van der Waals surface area (Å²) < 4.78 is 10.7. The van der Waals surface area contributed by atoms with Crippen molar-refractivity contribution in [1.82, 2.24) is 5.32 Å². The molecule has 0 aromatic carbocycles. The van der Waals surface area contributed by atoms with Crippen molar-refractivity contribution in [1.29, 1.82) is 0 Å². The van der Waals surface area contributed by atoms with Crippen LogP contribution in [0.25, 0.3) is 0 Å². The highest BCUT2D eigenvalue weighted by molar-refractivity contribution is 9.10. The average molecular weight is 344 g/mol. The lowest BCUT2D eigenvalue weighted by Gasteiger charge is -2.20. The zero-order valence-electron chi connectivity index (χ0n) is 11.2. The minimum Gasteiger partial charge on any atom is -0.464 e. The summed E-state index contributed by atoms with van der Waals surface area (Å²) in [5, 5.41) is 2.47. The second-order valence-corrected chi connectivity index (χ2v) is 5.76. The van der Waals surface area contributed by atoms with Crippen LogP contribution in [0, 0.1) is 5.92 Å². The molecule has 0 atom stereocenters. The molecule has 1 aliphatic rings. The molecule has 110 valence electrons. The molecule has 0 aliphatic heterocycles. The van der Waals surface area contributed by atoms with Crippen molar-refractivity contribution in [3.63, 3.8) is 0 Å². The number of carbonyl (C=O) groups is 2. The molecule has 20 heavy (non-hydrogen) atoms. The highest BCUT2D eigenvalue weighted by atomic mass is 79.9. The molecule has 0 spiro atoms. The first-order valence-electron chi connectivity index (χ1n) is 6.84. The maximum Gasteiger partial charge on any atom is 0.325 e.